The topological polar surface area (TPSA) is 51.4 Å². The van der Waals surface area contributed by atoms with Crippen LogP contribution in [0.1, 0.15) is 18.1 Å². The Morgan fingerprint density at radius 2 is 1.90 bits per heavy atom. The summed E-state index contributed by atoms with van der Waals surface area (Å²) >= 11 is 0. The van der Waals surface area contributed by atoms with Crippen LogP contribution in [-0.4, -0.2) is 18.6 Å². The standard InChI is InChI=1S/C16H21N3O/c1-3-20-16-9-5-8-15(18-16)19(2)12-14-7-4-6-13(10-14)11-17/h4-10H,3,11-12,17H2,1-2H3. The zero-order valence-corrected chi connectivity index (χ0v) is 12.0. The molecule has 0 bridgehead atoms. The van der Waals surface area contributed by atoms with Crippen LogP contribution in [0.2, 0.25) is 0 Å². The van der Waals surface area contributed by atoms with Gasteiger partial charge in [0, 0.05) is 26.2 Å². The molecule has 0 fully saturated rings. The molecular formula is C16H21N3O. The van der Waals surface area contributed by atoms with E-state index in [1.165, 1.54) is 5.56 Å². The van der Waals surface area contributed by atoms with E-state index in [2.05, 4.69) is 22.0 Å². The number of rotatable bonds is 6. The Balaban J connectivity index is 2.10. The maximum absolute atomic E-state index is 5.67. The number of anilines is 1. The van der Waals surface area contributed by atoms with Crippen molar-refractivity contribution < 1.29 is 4.74 Å². The molecule has 2 N–H and O–H groups in total. The van der Waals surface area contributed by atoms with Gasteiger partial charge in [-0.15, -0.1) is 0 Å². The van der Waals surface area contributed by atoms with Gasteiger partial charge in [-0.3, -0.25) is 0 Å². The molecule has 4 heteroatoms. The lowest BCUT2D eigenvalue weighted by atomic mass is 10.1. The van der Waals surface area contributed by atoms with Gasteiger partial charge in [0.15, 0.2) is 0 Å². The number of pyridine rings is 1. The molecule has 0 amide bonds. The summed E-state index contributed by atoms with van der Waals surface area (Å²) in [5.41, 5.74) is 8.04. The zero-order chi connectivity index (χ0) is 14.4. The molecular weight excluding hydrogens is 250 g/mol. The summed E-state index contributed by atoms with van der Waals surface area (Å²) in [5, 5.41) is 0. The van der Waals surface area contributed by atoms with Crippen molar-refractivity contribution >= 4 is 5.82 Å². The first-order chi connectivity index (χ1) is 9.72. The van der Waals surface area contributed by atoms with Crippen LogP contribution in [0.5, 0.6) is 5.88 Å². The number of nitrogens with zero attached hydrogens (tertiary/aromatic N) is 2. The van der Waals surface area contributed by atoms with Gasteiger partial charge in [-0.1, -0.05) is 30.3 Å². The van der Waals surface area contributed by atoms with Crippen LogP contribution in [0.25, 0.3) is 0 Å². The highest BCUT2D eigenvalue weighted by Gasteiger charge is 2.05. The van der Waals surface area contributed by atoms with Crippen LogP contribution in [0.15, 0.2) is 42.5 Å². The lowest BCUT2D eigenvalue weighted by Crippen LogP contribution is -2.18. The summed E-state index contributed by atoms with van der Waals surface area (Å²) in [5.74, 6) is 1.56. The first-order valence-corrected chi connectivity index (χ1v) is 6.81. The second kappa shape index (κ2) is 6.91. The molecule has 0 spiro atoms. The number of benzene rings is 1. The van der Waals surface area contributed by atoms with Gasteiger partial charge >= 0.3 is 0 Å². The van der Waals surface area contributed by atoms with Crippen molar-refractivity contribution in [3.05, 3.63) is 53.6 Å². The average Bonchev–Trinajstić information content (AvgIpc) is 2.48. The first-order valence-electron chi connectivity index (χ1n) is 6.81. The molecule has 0 unspecified atom stereocenters. The van der Waals surface area contributed by atoms with Gasteiger partial charge in [0.2, 0.25) is 5.88 Å². The van der Waals surface area contributed by atoms with E-state index in [-0.39, 0.29) is 0 Å². The Labute approximate surface area is 120 Å². The van der Waals surface area contributed by atoms with E-state index in [0.717, 1.165) is 17.9 Å². The Hall–Kier alpha value is -2.07. The molecule has 0 aliphatic carbocycles. The molecule has 2 rings (SSSR count). The maximum Gasteiger partial charge on any atom is 0.215 e. The smallest absolute Gasteiger partial charge is 0.215 e. The minimum atomic E-state index is 0.565. The van der Waals surface area contributed by atoms with E-state index in [4.69, 9.17) is 10.5 Å². The fourth-order valence-electron chi connectivity index (χ4n) is 2.05. The van der Waals surface area contributed by atoms with Crippen LogP contribution in [0, 0.1) is 0 Å². The van der Waals surface area contributed by atoms with Crippen molar-refractivity contribution in [1.29, 1.82) is 0 Å². The van der Waals surface area contributed by atoms with Gasteiger partial charge in [0.25, 0.3) is 0 Å². The lowest BCUT2D eigenvalue weighted by Gasteiger charge is -2.19. The molecule has 0 aliphatic rings. The van der Waals surface area contributed by atoms with Crippen LogP contribution in [-0.2, 0) is 13.1 Å². The highest BCUT2D eigenvalue weighted by molar-refractivity contribution is 5.41. The van der Waals surface area contributed by atoms with Gasteiger partial charge in [0.1, 0.15) is 5.82 Å². The average molecular weight is 271 g/mol. The highest BCUT2D eigenvalue weighted by Crippen LogP contribution is 2.17. The number of hydrogen-bond acceptors (Lipinski definition) is 4. The molecule has 0 saturated carbocycles. The van der Waals surface area contributed by atoms with Crippen molar-refractivity contribution in [2.75, 3.05) is 18.6 Å². The number of hydrogen-bond donors (Lipinski definition) is 1. The summed E-state index contributed by atoms with van der Waals surface area (Å²) < 4.78 is 5.43. The van der Waals surface area contributed by atoms with Gasteiger partial charge in [0.05, 0.1) is 6.61 Å². The van der Waals surface area contributed by atoms with Crippen molar-refractivity contribution in [3.8, 4) is 5.88 Å². The zero-order valence-electron chi connectivity index (χ0n) is 12.0. The minimum Gasteiger partial charge on any atom is -0.478 e. The fraction of sp³-hybridized carbons (Fsp3) is 0.312. The van der Waals surface area contributed by atoms with E-state index in [1.807, 2.05) is 44.3 Å². The summed E-state index contributed by atoms with van der Waals surface area (Å²) in [6, 6.07) is 14.1. The van der Waals surface area contributed by atoms with E-state index >= 15 is 0 Å². The van der Waals surface area contributed by atoms with Crippen molar-refractivity contribution in [2.24, 2.45) is 5.73 Å². The monoisotopic (exact) mass is 271 g/mol. The summed E-state index contributed by atoms with van der Waals surface area (Å²) in [6.45, 7) is 3.93. The van der Waals surface area contributed by atoms with Crippen molar-refractivity contribution in [2.45, 2.75) is 20.0 Å². The predicted molar refractivity (Wildman–Crippen MR) is 81.8 cm³/mol. The fourth-order valence-corrected chi connectivity index (χ4v) is 2.05. The minimum absolute atomic E-state index is 0.565. The van der Waals surface area contributed by atoms with E-state index < -0.39 is 0 Å². The second-order valence-corrected chi connectivity index (χ2v) is 4.65. The normalized spacial score (nSPS) is 10.3. The molecule has 0 radical (unpaired) electrons. The predicted octanol–water partition coefficient (Wildman–Crippen LogP) is 2.58. The maximum atomic E-state index is 5.67. The molecule has 20 heavy (non-hydrogen) atoms. The summed E-state index contributed by atoms with van der Waals surface area (Å²) in [4.78, 5) is 6.58. The molecule has 0 atom stereocenters. The Bertz CT molecular complexity index is 557. The molecule has 0 aliphatic heterocycles. The molecule has 4 nitrogen and oxygen atoms in total. The van der Waals surface area contributed by atoms with Crippen molar-refractivity contribution in [1.82, 2.24) is 4.98 Å². The highest BCUT2D eigenvalue weighted by atomic mass is 16.5. The Morgan fingerprint density at radius 1 is 1.15 bits per heavy atom. The number of ether oxygens (including phenoxy) is 1. The summed E-state index contributed by atoms with van der Waals surface area (Å²) in [7, 11) is 2.02. The quantitative estimate of drug-likeness (QED) is 0.877. The van der Waals surface area contributed by atoms with E-state index in [0.29, 0.717) is 19.0 Å². The third kappa shape index (κ3) is 3.71. The molecule has 1 aromatic heterocycles. The van der Waals surface area contributed by atoms with Crippen LogP contribution in [0.4, 0.5) is 5.82 Å². The third-order valence-electron chi connectivity index (χ3n) is 3.04. The van der Waals surface area contributed by atoms with Crippen molar-refractivity contribution in [3.63, 3.8) is 0 Å². The van der Waals surface area contributed by atoms with Crippen LogP contribution < -0.4 is 15.4 Å². The molecule has 1 heterocycles. The lowest BCUT2D eigenvalue weighted by molar-refractivity contribution is 0.327. The molecule has 2 aromatic rings. The van der Waals surface area contributed by atoms with Gasteiger partial charge in [-0.25, -0.2) is 0 Å². The number of nitrogens with two attached hydrogens (primary N) is 1. The SMILES string of the molecule is CCOc1cccc(N(C)Cc2cccc(CN)c2)n1. The second-order valence-electron chi connectivity index (χ2n) is 4.65. The van der Waals surface area contributed by atoms with Gasteiger partial charge < -0.3 is 15.4 Å². The van der Waals surface area contributed by atoms with Crippen LogP contribution >= 0.6 is 0 Å². The molecule has 0 saturated heterocycles. The number of aromatic nitrogens is 1. The first kappa shape index (κ1) is 14.3. The molecule has 1 aromatic carbocycles. The third-order valence-corrected chi connectivity index (χ3v) is 3.04. The Morgan fingerprint density at radius 3 is 2.65 bits per heavy atom. The van der Waals surface area contributed by atoms with Gasteiger partial charge in [-0.05, 0) is 24.1 Å². The van der Waals surface area contributed by atoms with E-state index in [9.17, 15) is 0 Å². The van der Waals surface area contributed by atoms with Crippen LogP contribution in [0.3, 0.4) is 0 Å². The van der Waals surface area contributed by atoms with E-state index in [1.54, 1.807) is 0 Å². The molecule has 106 valence electrons. The Kier molecular flexibility index (Phi) is 4.96. The largest absolute Gasteiger partial charge is 0.478 e. The summed E-state index contributed by atoms with van der Waals surface area (Å²) in [6.07, 6.45) is 0. The van der Waals surface area contributed by atoms with Gasteiger partial charge in [-0.2, -0.15) is 4.98 Å².